The monoisotopic (exact) mass is 223 g/mol. The van der Waals surface area contributed by atoms with Crippen LogP contribution < -0.4 is 0 Å². The van der Waals surface area contributed by atoms with Gasteiger partial charge in [-0.25, -0.2) is 0 Å². The van der Waals surface area contributed by atoms with E-state index in [1.807, 2.05) is 0 Å². The van der Waals surface area contributed by atoms with E-state index in [-0.39, 0.29) is 0 Å². The van der Waals surface area contributed by atoms with Crippen molar-refractivity contribution in [1.82, 2.24) is 4.90 Å². The maximum atomic E-state index is 5.92. The van der Waals surface area contributed by atoms with Crippen molar-refractivity contribution in [2.75, 3.05) is 13.6 Å². The zero-order valence-corrected chi connectivity index (χ0v) is 11.1. The zero-order valence-electron chi connectivity index (χ0n) is 11.1. The Morgan fingerprint density at radius 2 is 2.06 bits per heavy atom. The molecule has 0 amide bonds. The fraction of sp³-hybridized carbons (Fsp3) is 0.857. The molecule has 2 heterocycles. The SMILES string of the molecule is CC1CCC(CC2=CC(C)N(C)CC2C)O1. The lowest BCUT2D eigenvalue weighted by atomic mass is 9.89. The van der Waals surface area contributed by atoms with Gasteiger partial charge in [0.05, 0.1) is 12.2 Å². The van der Waals surface area contributed by atoms with Crippen LogP contribution in [0.2, 0.25) is 0 Å². The Bertz CT molecular complexity index is 274. The average Bonchev–Trinajstić information content (AvgIpc) is 2.60. The van der Waals surface area contributed by atoms with Crippen LogP contribution in [0.5, 0.6) is 0 Å². The molecule has 4 atom stereocenters. The molecular formula is C14H25NO. The van der Waals surface area contributed by atoms with Gasteiger partial charge in [-0.2, -0.15) is 0 Å². The van der Waals surface area contributed by atoms with E-state index in [1.54, 1.807) is 5.57 Å². The summed E-state index contributed by atoms with van der Waals surface area (Å²) in [5.74, 6) is 0.695. The lowest BCUT2D eigenvalue weighted by Gasteiger charge is -2.34. The minimum atomic E-state index is 0.476. The molecule has 0 aromatic rings. The summed E-state index contributed by atoms with van der Waals surface area (Å²) in [6.07, 6.45) is 7.05. The second-order valence-electron chi connectivity index (χ2n) is 5.67. The number of likely N-dealkylation sites (N-methyl/N-ethyl adjacent to an activating group) is 1. The standard InChI is InChI=1S/C14H25NO/c1-10-9-15(4)11(2)7-13(10)8-14-6-5-12(3)16-14/h7,10-12,14H,5-6,8-9H2,1-4H3. The minimum absolute atomic E-state index is 0.476. The Morgan fingerprint density at radius 3 is 2.69 bits per heavy atom. The highest BCUT2D eigenvalue weighted by molar-refractivity contribution is 5.15. The third-order valence-electron chi connectivity index (χ3n) is 4.13. The third kappa shape index (κ3) is 2.67. The van der Waals surface area contributed by atoms with Crippen LogP contribution in [-0.4, -0.2) is 36.7 Å². The molecule has 1 saturated heterocycles. The third-order valence-corrected chi connectivity index (χ3v) is 4.13. The van der Waals surface area contributed by atoms with Gasteiger partial charge in [-0.1, -0.05) is 18.6 Å². The van der Waals surface area contributed by atoms with Crippen LogP contribution in [0.4, 0.5) is 0 Å². The van der Waals surface area contributed by atoms with Gasteiger partial charge in [0.25, 0.3) is 0 Å². The lowest BCUT2D eigenvalue weighted by Crippen LogP contribution is -2.37. The summed E-state index contributed by atoms with van der Waals surface area (Å²) >= 11 is 0. The Morgan fingerprint density at radius 1 is 1.31 bits per heavy atom. The molecule has 92 valence electrons. The number of hydrogen-bond acceptors (Lipinski definition) is 2. The number of rotatable bonds is 2. The molecule has 1 fully saturated rings. The Labute approximate surface area is 99.7 Å². The van der Waals surface area contributed by atoms with Crippen LogP contribution in [0.15, 0.2) is 11.6 Å². The molecule has 0 spiro atoms. The number of ether oxygens (including phenoxy) is 1. The van der Waals surface area contributed by atoms with Crippen molar-refractivity contribution in [3.63, 3.8) is 0 Å². The molecule has 2 aliphatic heterocycles. The van der Waals surface area contributed by atoms with Crippen LogP contribution in [0.1, 0.15) is 40.0 Å². The van der Waals surface area contributed by atoms with Crippen molar-refractivity contribution in [3.05, 3.63) is 11.6 Å². The summed E-state index contributed by atoms with van der Waals surface area (Å²) in [6.45, 7) is 8.00. The predicted molar refractivity (Wildman–Crippen MR) is 67.5 cm³/mol. The fourth-order valence-electron chi connectivity index (χ4n) is 2.88. The van der Waals surface area contributed by atoms with Gasteiger partial charge in [-0.05, 0) is 46.1 Å². The molecule has 0 aromatic heterocycles. The quantitative estimate of drug-likeness (QED) is 0.667. The van der Waals surface area contributed by atoms with Gasteiger partial charge in [0.1, 0.15) is 0 Å². The molecule has 2 heteroatoms. The molecule has 0 radical (unpaired) electrons. The molecule has 16 heavy (non-hydrogen) atoms. The van der Waals surface area contributed by atoms with E-state index >= 15 is 0 Å². The van der Waals surface area contributed by atoms with Crippen LogP contribution in [0, 0.1) is 5.92 Å². The summed E-state index contributed by atoms with van der Waals surface area (Å²) in [5.41, 5.74) is 1.62. The maximum absolute atomic E-state index is 5.92. The lowest BCUT2D eigenvalue weighted by molar-refractivity contribution is 0.0538. The molecule has 4 unspecified atom stereocenters. The smallest absolute Gasteiger partial charge is 0.0616 e. The summed E-state index contributed by atoms with van der Waals surface area (Å²) < 4.78 is 5.92. The molecule has 0 bridgehead atoms. The molecule has 0 aliphatic carbocycles. The average molecular weight is 223 g/mol. The van der Waals surface area contributed by atoms with Crippen molar-refractivity contribution in [2.45, 2.75) is 58.3 Å². The van der Waals surface area contributed by atoms with Gasteiger partial charge in [-0.15, -0.1) is 0 Å². The second kappa shape index (κ2) is 4.89. The van der Waals surface area contributed by atoms with Crippen LogP contribution in [0.25, 0.3) is 0 Å². The summed E-state index contributed by atoms with van der Waals surface area (Å²) in [5, 5.41) is 0. The van der Waals surface area contributed by atoms with Crippen molar-refractivity contribution in [1.29, 1.82) is 0 Å². The summed E-state index contributed by atoms with van der Waals surface area (Å²) in [4.78, 5) is 2.42. The van der Waals surface area contributed by atoms with Crippen molar-refractivity contribution < 1.29 is 4.74 Å². The first-order chi connectivity index (χ1) is 7.56. The topological polar surface area (TPSA) is 12.5 Å². The van der Waals surface area contributed by atoms with Crippen LogP contribution >= 0.6 is 0 Å². The van der Waals surface area contributed by atoms with E-state index < -0.39 is 0 Å². The largest absolute Gasteiger partial charge is 0.375 e. The van der Waals surface area contributed by atoms with E-state index in [4.69, 9.17) is 4.74 Å². The van der Waals surface area contributed by atoms with Crippen molar-refractivity contribution in [2.24, 2.45) is 5.92 Å². The van der Waals surface area contributed by atoms with E-state index in [9.17, 15) is 0 Å². The van der Waals surface area contributed by atoms with E-state index in [0.29, 0.717) is 24.2 Å². The summed E-state index contributed by atoms with van der Waals surface area (Å²) in [6, 6.07) is 0.588. The maximum Gasteiger partial charge on any atom is 0.0616 e. The van der Waals surface area contributed by atoms with E-state index in [0.717, 1.165) is 6.42 Å². The first-order valence-electron chi connectivity index (χ1n) is 6.62. The first-order valence-corrected chi connectivity index (χ1v) is 6.62. The predicted octanol–water partition coefficient (Wildman–Crippen LogP) is 2.84. The normalized spacial score (nSPS) is 41.1. The zero-order chi connectivity index (χ0) is 11.7. The van der Waals surface area contributed by atoms with Gasteiger partial charge < -0.3 is 4.74 Å². The van der Waals surface area contributed by atoms with Crippen molar-refractivity contribution in [3.8, 4) is 0 Å². The Kier molecular flexibility index (Phi) is 3.70. The Hall–Kier alpha value is -0.340. The first kappa shape index (κ1) is 12.1. The van der Waals surface area contributed by atoms with Gasteiger partial charge in [-0.3, -0.25) is 4.90 Å². The molecule has 2 nitrogen and oxygen atoms in total. The van der Waals surface area contributed by atoms with Gasteiger partial charge >= 0.3 is 0 Å². The molecule has 0 saturated carbocycles. The van der Waals surface area contributed by atoms with E-state index in [1.165, 1.54) is 19.4 Å². The second-order valence-corrected chi connectivity index (χ2v) is 5.67. The molecule has 2 aliphatic rings. The minimum Gasteiger partial charge on any atom is -0.375 e. The molecule has 0 aromatic carbocycles. The fourth-order valence-corrected chi connectivity index (χ4v) is 2.88. The molecule has 0 N–H and O–H groups in total. The van der Waals surface area contributed by atoms with Crippen LogP contribution in [0.3, 0.4) is 0 Å². The Balaban J connectivity index is 1.95. The van der Waals surface area contributed by atoms with Gasteiger partial charge in [0, 0.05) is 12.6 Å². The van der Waals surface area contributed by atoms with E-state index in [2.05, 4.69) is 38.8 Å². The highest BCUT2D eigenvalue weighted by Crippen LogP contribution is 2.30. The number of hydrogen-bond donors (Lipinski definition) is 0. The molecular weight excluding hydrogens is 198 g/mol. The van der Waals surface area contributed by atoms with Gasteiger partial charge in [0.2, 0.25) is 0 Å². The molecule has 2 rings (SSSR count). The summed E-state index contributed by atoms with van der Waals surface area (Å²) in [7, 11) is 2.21. The van der Waals surface area contributed by atoms with Crippen LogP contribution in [-0.2, 0) is 4.74 Å². The number of nitrogens with zero attached hydrogens (tertiary/aromatic N) is 1. The van der Waals surface area contributed by atoms with Crippen molar-refractivity contribution >= 4 is 0 Å². The highest BCUT2D eigenvalue weighted by atomic mass is 16.5. The van der Waals surface area contributed by atoms with Gasteiger partial charge in [0.15, 0.2) is 0 Å². The highest BCUT2D eigenvalue weighted by Gasteiger charge is 2.27.